The summed E-state index contributed by atoms with van der Waals surface area (Å²) in [4.78, 5) is 27.1. The average Bonchev–Trinajstić information content (AvgIpc) is 3.13. The predicted octanol–water partition coefficient (Wildman–Crippen LogP) is 2.99. The van der Waals surface area contributed by atoms with Gasteiger partial charge < -0.3 is 4.90 Å². The van der Waals surface area contributed by atoms with Crippen LogP contribution in [0.15, 0.2) is 78.9 Å². The first kappa shape index (κ1) is 19.4. The van der Waals surface area contributed by atoms with E-state index in [1.54, 1.807) is 66.7 Å². The number of sulfone groups is 1. The van der Waals surface area contributed by atoms with Crippen LogP contribution in [0.2, 0.25) is 0 Å². The number of anilines is 2. The van der Waals surface area contributed by atoms with Crippen molar-refractivity contribution in [3.8, 4) is 0 Å². The minimum Gasteiger partial charge on any atom is -0.304 e. The van der Waals surface area contributed by atoms with E-state index in [1.165, 1.54) is 17.0 Å². The first-order valence-electron chi connectivity index (χ1n) is 9.62. The molecule has 2 aliphatic rings. The molecule has 1 spiro atoms. The molecule has 0 aromatic heterocycles. The lowest BCUT2D eigenvalue weighted by Crippen LogP contribution is -2.54. The summed E-state index contributed by atoms with van der Waals surface area (Å²) < 4.78 is 40.2. The first-order valence-corrected chi connectivity index (χ1v) is 11.3. The van der Waals surface area contributed by atoms with Crippen molar-refractivity contribution in [3.05, 3.63) is 95.8 Å². The van der Waals surface area contributed by atoms with E-state index in [1.807, 2.05) is 0 Å². The van der Waals surface area contributed by atoms with Gasteiger partial charge in [0.05, 0.1) is 12.2 Å². The third kappa shape index (κ3) is 2.64. The molecule has 5 rings (SSSR count). The van der Waals surface area contributed by atoms with Gasteiger partial charge in [0.25, 0.3) is 10.8 Å². The Kier molecular flexibility index (Phi) is 4.23. The van der Waals surface area contributed by atoms with E-state index < -0.39 is 38.1 Å². The lowest BCUT2D eigenvalue weighted by Gasteiger charge is -2.32. The molecule has 0 saturated carbocycles. The highest BCUT2D eigenvalue weighted by molar-refractivity contribution is 7.94. The Balaban J connectivity index is 1.73. The van der Waals surface area contributed by atoms with Crippen LogP contribution in [-0.4, -0.2) is 26.0 Å². The van der Waals surface area contributed by atoms with E-state index in [-0.39, 0.29) is 12.1 Å². The van der Waals surface area contributed by atoms with E-state index >= 15 is 0 Å². The van der Waals surface area contributed by atoms with Crippen molar-refractivity contribution in [1.82, 2.24) is 0 Å². The predicted molar refractivity (Wildman–Crippen MR) is 113 cm³/mol. The third-order valence-corrected chi connectivity index (χ3v) is 7.80. The van der Waals surface area contributed by atoms with Crippen molar-refractivity contribution < 1.29 is 22.4 Å². The van der Waals surface area contributed by atoms with Crippen LogP contribution in [-0.2, 0) is 30.8 Å². The fourth-order valence-electron chi connectivity index (χ4n) is 4.40. The number of nitrogens with zero attached hydrogens (tertiary/aromatic N) is 2. The number of amides is 2. The van der Waals surface area contributed by atoms with Gasteiger partial charge in [-0.3, -0.25) is 14.5 Å². The van der Waals surface area contributed by atoms with E-state index in [0.717, 1.165) is 4.90 Å². The molecule has 0 aliphatic carbocycles. The number of carbonyl (C=O) groups is 2. The maximum atomic E-state index is 13.9. The summed E-state index contributed by atoms with van der Waals surface area (Å²) in [5.41, 5.74) is 1.63. The van der Waals surface area contributed by atoms with Gasteiger partial charge in [0.1, 0.15) is 11.6 Å². The van der Waals surface area contributed by atoms with Crippen LogP contribution in [0.25, 0.3) is 0 Å². The smallest absolute Gasteiger partial charge is 0.274 e. The fraction of sp³-hybridized carbons (Fsp3) is 0.130. The number of benzene rings is 3. The topological polar surface area (TPSA) is 74.8 Å². The zero-order chi connectivity index (χ0) is 21.8. The molecule has 3 aromatic rings. The number of fused-ring (bicyclic) bond motifs is 2. The van der Waals surface area contributed by atoms with E-state index in [0.29, 0.717) is 16.9 Å². The maximum Gasteiger partial charge on any atom is 0.274 e. The summed E-state index contributed by atoms with van der Waals surface area (Å²) in [5.74, 6) is -2.54. The van der Waals surface area contributed by atoms with Crippen LogP contribution in [0.4, 0.5) is 15.8 Å². The normalized spacial score (nSPS) is 21.7. The molecule has 0 bridgehead atoms. The highest BCUT2D eigenvalue weighted by Crippen LogP contribution is 2.52. The van der Waals surface area contributed by atoms with Gasteiger partial charge in [-0.25, -0.2) is 12.8 Å². The summed E-state index contributed by atoms with van der Waals surface area (Å²) in [5, 5.41) is 0. The molecule has 2 aliphatic heterocycles. The molecule has 0 unspecified atom stereocenters. The molecule has 156 valence electrons. The van der Waals surface area contributed by atoms with E-state index in [9.17, 15) is 22.4 Å². The highest BCUT2D eigenvalue weighted by Gasteiger charge is 2.69. The minimum atomic E-state index is -4.20. The van der Waals surface area contributed by atoms with Crippen molar-refractivity contribution in [2.75, 3.05) is 15.6 Å². The summed E-state index contributed by atoms with van der Waals surface area (Å²) >= 11 is 0. The second-order valence-electron chi connectivity index (χ2n) is 7.50. The van der Waals surface area contributed by atoms with Crippen molar-refractivity contribution in [1.29, 1.82) is 0 Å². The molecule has 3 aromatic carbocycles. The van der Waals surface area contributed by atoms with Gasteiger partial charge >= 0.3 is 0 Å². The summed E-state index contributed by atoms with van der Waals surface area (Å²) in [6.45, 7) is 0.0459. The Morgan fingerprint density at radius 2 is 1.52 bits per heavy atom. The SMILES string of the molecule is O=C1CS(=O)(=O)[C@@]2(C(=O)N(Cc3ccc(F)cc3)c3ccccc32)N1c1ccccc1. The number of hydrogen-bond acceptors (Lipinski definition) is 4. The Labute approximate surface area is 178 Å². The second-order valence-corrected chi connectivity index (χ2v) is 9.61. The monoisotopic (exact) mass is 436 g/mol. The molecule has 0 N–H and O–H groups in total. The van der Waals surface area contributed by atoms with Gasteiger partial charge in [0, 0.05) is 11.3 Å². The summed E-state index contributed by atoms with van der Waals surface area (Å²) in [6.07, 6.45) is 0. The number of rotatable bonds is 3. The van der Waals surface area contributed by atoms with Gasteiger partial charge in [-0.05, 0) is 35.9 Å². The molecular weight excluding hydrogens is 419 g/mol. The number of halogens is 1. The molecule has 8 heteroatoms. The van der Waals surface area contributed by atoms with Crippen molar-refractivity contribution >= 4 is 33.0 Å². The van der Waals surface area contributed by atoms with Crippen molar-refractivity contribution in [2.45, 2.75) is 11.4 Å². The highest BCUT2D eigenvalue weighted by atomic mass is 32.2. The molecule has 1 fully saturated rings. The van der Waals surface area contributed by atoms with Gasteiger partial charge in [0.2, 0.25) is 5.91 Å². The van der Waals surface area contributed by atoms with Crippen LogP contribution in [0.3, 0.4) is 0 Å². The molecule has 31 heavy (non-hydrogen) atoms. The van der Waals surface area contributed by atoms with Crippen LogP contribution >= 0.6 is 0 Å². The zero-order valence-electron chi connectivity index (χ0n) is 16.2. The average molecular weight is 436 g/mol. The first-order chi connectivity index (χ1) is 14.9. The van der Waals surface area contributed by atoms with Crippen LogP contribution in [0, 0.1) is 5.82 Å². The maximum absolute atomic E-state index is 13.9. The molecule has 0 radical (unpaired) electrons. The summed E-state index contributed by atoms with van der Waals surface area (Å²) in [7, 11) is -4.20. The standard InChI is InChI=1S/C23H17FN2O4S/c24-17-12-10-16(11-13-17)14-25-20-9-5-4-8-19(20)23(22(25)28)26(18-6-2-1-3-7-18)21(27)15-31(23,29)30/h1-13H,14-15H2/t23-/m0/s1. The number of carbonyl (C=O) groups excluding carboxylic acids is 2. The molecule has 1 saturated heterocycles. The molecule has 2 heterocycles. The fourth-order valence-corrected chi connectivity index (χ4v) is 6.43. The van der Waals surface area contributed by atoms with Crippen LogP contribution < -0.4 is 9.80 Å². The molecule has 2 amide bonds. The van der Waals surface area contributed by atoms with Crippen LogP contribution in [0.1, 0.15) is 11.1 Å². The molecule has 1 atom stereocenters. The van der Waals surface area contributed by atoms with Crippen molar-refractivity contribution in [2.24, 2.45) is 0 Å². The van der Waals surface area contributed by atoms with Gasteiger partial charge in [-0.15, -0.1) is 0 Å². The lowest BCUT2D eigenvalue weighted by atomic mass is 10.0. The van der Waals surface area contributed by atoms with Gasteiger partial charge in [-0.2, -0.15) is 0 Å². The molecular formula is C23H17FN2O4S. The Morgan fingerprint density at radius 1 is 0.871 bits per heavy atom. The zero-order valence-corrected chi connectivity index (χ0v) is 17.0. The quantitative estimate of drug-likeness (QED) is 0.633. The van der Waals surface area contributed by atoms with Crippen LogP contribution in [0.5, 0.6) is 0 Å². The Morgan fingerprint density at radius 3 is 2.23 bits per heavy atom. The largest absolute Gasteiger partial charge is 0.304 e. The van der Waals surface area contributed by atoms with Gasteiger partial charge in [-0.1, -0.05) is 48.5 Å². The minimum absolute atomic E-state index is 0.0459. The van der Waals surface area contributed by atoms with E-state index in [2.05, 4.69) is 0 Å². The Hall–Kier alpha value is -3.52. The van der Waals surface area contributed by atoms with E-state index in [4.69, 9.17) is 0 Å². The number of hydrogen-bond donors (Lipinski definition) is 0. The lowest BCUT2D eigenvalue weighted by molar-refractivity contribution is -0.123. The summed E-state index contributed by atoms with van der Waals surface area (Å²) in [6, 6.07) is 20.6. The number of para-hydroxylation sites is 2. The third-order valence-electron chi connectivity index (χ3n) is 5.69. The van der Waals surface area contributed by atoms with Gasteiger partial charge in [0.15, 0.2) is 9.84 Å². The van der Waals surface area contributed by atoms with Crippen molar-refractivity contribution in [3.63, 3.8) is 0 Å². The second kappa shape index (κ2) is 6.75. The molecule has 6 nitrogen and oxygen atoms in total. The Bertz CT molecular complexity index is 1310.